The Bertz CT molecular complexity index is 1190. The lowest BCUT2D eigenvalue weighted by Gasteiger charge is -2.51. The Balaban J connectivity index is 1.45. The number of anilines is 2. The smallest absolute Gasteiger partial charge is 0.362 e. The number of sulfonamides is 1. The summed E-state index contributed by atoms with van der Waals surface area (Å²) in [5.74, 6) is -0.627. The van der Waals surface area contributed by atoms with Crippen LogP contribution in [0.2, 0.25) is 0 Å². The zero-order valence-electron chi connectivity index (χ0n) is 19.5. The topological polar surface area (TPSA) is 62.3 Å². The molecule has 3 aliphatic heterocycles. The second kappa shape index (κ2) is 8.65. The van der Waals surface area contributed by atoms with E-state index in [4.69, 9.17) is 9.47 Å². The molecular formula is C24H28F3N3O4S. The van der Waals surface area contributed by atoms with E-state index in [1.54, 1.807) is 12.1 Å². The second-order valence-electron chi connectivity index (χ2n) is 9.57. The highest BCUT2D eigenvalue weighted by Gasteiger charge is 2.42. The zero-order valence-corrected chi connectivity index (χ0v) is 20.3. The van der Waals surface area contributed by atoms with Gasteiger partial charge in [-0.2, -0.15) is 13.2 Å². The normalized spacial score (nSPS) is 23.6. The third kappa shape index (κ3) is 4.62. The van der Waals surface area contributed by atoms with Crippen molar-refractivity contribution in [2.75, 3.05) is 48.6 Å². The first-order valence-corrected chi connectivity index (χ1v) is 13.0. The molecule has 0 saturated carbocycles. The molecule has 0 spiro atoms. The number of benzene rings is 2. The molecule has 11 heteroatoms. The van der Waals surface area contributed by atoms with Gasteiger partial charge in [0.1, 0.15) is 0 Å². The Morgan fingerprint density at radius 2 is 1.60 bits per heavy atom. The molecule has 5 rings (SSSR count). The molecular weight excluding hydrogens is 483 g/mol. The van der Waals surface area contributed by atoms with Crippen LogP contribution < -0.4 is 9.21 Å². The number of nitrogens with zero attached hydrogens (tertiary/aromatic N) is 3. The predicted molar refractivity (Wildman–Crippen MR) is 125 cm³/mol. The number of para-hydroxylation sites is 2. The highest BCUT2D eigenvalue weighted by atomic mass is 32.2. The molecule has 0 radical (unpaired) electrons. The fourth-order valence-electron chi connectivity index (χ4n) is 4.97. The van der Waals surface area contributed by atoms with Crippen LogP contribution in [0.3, 0.4) is 0 Å². The van der Waals surface area contributed by atoms with Crippen LogP contribution in [-0.2, 0) is 25.7 Å². The minimum Gasteiger partial charge on any atom is -0.362 e. The highest BCUT2D eigenvalue weighted by molar-refractivity contribution is 7.92. The average Bonchev–Trinajstić information content (AvgIpc) is 2.82. The van der Waals surface area contributed by atoms with Crippen LogP contribution >= 0.6 is 0 Å². The van der Waals surface area contributed by atoms with Gasteiger partial charge in [0.05, 0.1) is 53.7 Å². The van der Waals surface area contributed by atoms with Crippen molar-refractivity contribution < 1.29 is 31.1 Å². The Hall–Kier alpha value is -2.34. The van der Waals surface area contributed by atoms with Gasteiger partial charge in [-0.1, -0.05) is 18.2 Å². The van der Waals surface area contributed by atoms with Gasteiger partial charge in [-0.25, -0.2) is 8.42 Å². The van der Waals surface area contributed by atoms with Gasteiger partial charge in [-0.05, 0) is 44.2 Å². The summed E-state index contributed by atoms with van der Waals surface area (Å²) in [7, 11) is -4.23. The molecule has 7 nitrogen and oxygen atoms in total. The van der Waals surface area contributed by atoms with Gasteiger partial charge in [0.2, 0.25) is 0 Å². The van der Waals surface area contributed by atoms with E-state index in [0.717, 1.165) is 24.4 Å². The summed E-state index contributed by atoms with van der Waals surface area (Å²) in [6, 6.07) is 10.9. The lowest BCUT2D eigenvalue weighted by Crippen LogP contribution is -2.64. The predicted octanol–water partition coefficient (Wildman–Crippen LogP) is 3.56. The van der Waals surface area contributed by atoms with Crippen LogP contribution in [0.5, 0.6) is 0 Å². The van der Waals surface area contributed by atoms with Gasteiger partial charge in [-0.15, -0.1) is 0 Å². The molecule has 2 saturated heterocycles. The van der Waals surface area contributed by atoms with Crippen molar-refractivity contribution in [1.29, 1.82) is 0 Å². The van der Waals surface area contributed by atoms with Crippen molar-refractivity contribution in [3.63, 3.8) is 0 Å². The molecule has 2 aromatic rings. The summed E-state index contributed by atoms with van der Waals surface area (Å²) in [6.45, 7) is 6.95. The maximum absolute atomic E-state index is 13.6. The van der Waals surface area contributed by atoms with Gasteiger partial charge in [0, 0.05) is 19.6 Å². The largest absolute Gasteiger partial charge is 0.416 e. The van der Waals surface area contributed by atoms with Crippen LogP contribution in [-0.4, -0.2) is 70.6 Å². The molecule has 3 aliphatic rings. The Morgan fingerprint density at radius 3 is 2.29 bits per heavy atom. The molecule has 2 aromatic carbocycles. The summed E-state index contributed by atoms with van der Waals surface area (Å²) in [5, 5.41) is 0. The third-order valence-corrected chi connectivity index (χ3v) is 8.64. The minimum absolute atomic E-state index is 0.0517. The van der Waals surface area contributed by atoms with Crippen LogP contribution in [0.4, 0.5) is 24.5 Å². The van der Waals surface area contributed by atoms with Crippen molar-refractivity contribution in [2.24, 2.45) is 0 Å². The van der Waals surface area contributed by atoms with Crippen molar-refractivity contribution in [3.05, 3.63) is 54.1 Å². The number of ether oxygens (including phenoxy) is 2. The molecule has 0 amide bonds. The lowest BCUT2D eigenvalue weighted by atomic mass is 10.0. The number of fused-ring (bicyclic) bond motifs is 3. The van der Waals surface area contributed by atoms with E-state index >= 15 is 0 Å². The van der Waals surface area contributed by atoms with Crippen molar-refractivity contribution in [3.8, 4) is 0 Å². The van der Waals surface area contributed by atoms with E-state index in [2.05, 4.69) is 9.80 Å². The first kappa shape index (κ1) is 24.4. The quantitative estimate of drug-likeness (QED) is 0.628. The van der Waals surface area contributed by atoms with Gasteiger partial charge in [0.25, 0.3) is 10.0 Å². The molecule has 0 bridgehead atoms. The summed E-state index contributed by atoms with van der Waals surface area (Å²) < 4.78 is 80.0. The number of alkyl halides is 3. The van der Waals surface area contributed by atoms with Crippen molar-refractivity contribution in [2.45, 2.75) is 42.8 Å². The number of piperazine rings is 1. The van der Waals surface area contributed by atoms with E-state index in [-0.39, 0.29) is 23.5 Å². The summed E-state index contributed by atoms with van der Waals surface area (Å²) >= 11 is 0. The molecule has 2 fully saturated rings. The number of hydrogen-bond donors (Lipinski definition) is 0. The fraction of sp³-hybridized carbons (Fsp3) is 0.500. The summed E-state index contributed by atoms with van der Waals surface area (Å²) in [6.07, 6.45) is -4.63. The van der Waals surface area contributed by atoms with E-state index in [0.29, 0.717) is 38.1 Å². The lowest BCUT2D eigenvalue weighted by molar-refractivity contribution is -0.264. The number of rotatable bonds is 3. The summed E-state index contributed by atoms with van der Waals surface area (Å²) in [4.78, 5) is 4.07. The fourth-order valence-corrected chi connectivity index (χ4v) is 6.54. The number of hydrogen-bond acceptors (Lipinski definition) is 6. The summed E-state index contributed by atoms with van der Waals surface area (Å²) in [5.41, 5.74) is 0.242. The van der Waals surface area contributed by atoms with Gasteiger partial charge >= 0.3 is 6.18 Å². The first-order valence-electron chi connectivity index (χ1n) is 11.5. The van der Waals surface area contributed by atoms with Crippen molar-refractivity contribution in [1.82, 2.24) is 4.90 Å². The highest BCUT2D eigenvalue weighted by Crippen LogP contribution is 2.40. The minimum atomic E-state index is -4.63. The molecule has 0 aliphatic carbocycles. The monoisotopic (exact) mass is 511 g/mol. The molecule has 3 heterocycles. The van der Waals surface area contributed by atoms with Gasteiger partial charge < -0.3 is 14.4 Å². The van der Waals surface area contributed by atoms with Gasteiger partial charge in [-0.3, -0.25) is 9.21 Å². The standard InChI is InChI=1S/C24H28F3N3O4S/c1-23(2)33-15-19(16-34-23)28-10-11-29-18(13-28)14-30(22-9-4-3-8-21(22)29)35(31,32)20-7-5-6-17(12-20)24(25,26)27/h3-9,12,18-19H,10-11,13-16H2,1-2H3. The molecule has 35 heavy (non-hydrogen) atoms. The van der Waals surface area contributed by atoms with Gasteiger partial charge in [0.15, 0.2) is 5.79 Å². The molecule has 1 unspecified atom stereocenters. The SMILES string of the molecule is CC1(C)OCC(N2CCN3c4ccccc4N(S(=O)(=O)c4cccc(C(F)(F)F)c4)CC3C2)CO1. The zero-order chi connectivity index (χ0) is 25.0. The maximum atomic E-state index is 13.6. The van der Waals surface area contributed by atoms with Crippen molar-refractivity contribution >= 4 is 21.4 Å². The van der Waals surface area contributed by atoms with E-state index in [9.17, 15) is 21.6 Å². The molecule has 0 N–H and O–H groups in total. The Labute approximate surface area is 203 Å². The van der Waals surface area contributed by atoms with Crippen LogP contribution in [0.25, 0.3) is 0 Å². The Kier molecular flexibility index (Phi) is 6.02. The third-order valence-electron chi connectivity index (χ3n) is 6.86. The van der Waals surface area contributed by atoms with Crippen LogP contribution in [0.1, 0.15) is 19.4 Å². The van der Waals surface area contributed by atoms with E-state index in [1.807, 2.05) is 26.0 Å². The molecule has 190 valence electrons. The number of halogens is 3. The Morgan fingerprint density at radius 1 is 0.914 bits per heavy atom. The van der Waals surface area contributed by atoms with Crippen LogP contribution in [0.15, 0.2) is 53.4 Å². The second-order valence-corrected chi connectivity index (χ2v) is 11.4. The first-order chi connectivity index (χ1) is 16.5. The van der Waals surface area contributed by atoms with E-state index < -0.39 is 27.6 Å². The molecule has 1 atom stereocenters. The van der Waals surface area contributed by atoms with Crippen LogP contribution in [0, 0.1) is 0 Å². The van der Waals surface area contributed by atoms with E-state index in [1.165, 1.54) is 10.4 Å². The average molecular weight is 512 g/mol. The maximum Gasteiger partial charge on any atom is 0.416 e. The molecule has 0 aromatic heterocycles.